The van der Waals surface area contributed by atoms with Gasteiger partial charge in [0.15, 0.2) is 5.34 Å². The Morgan fingerprint density at radius 2 is 2.26 bits per heavy atom. The van der Waals surface area contributed by atoms with Crippen LogP contribution in [0.3, 0.4) is 0 Å². The van der Waals surface area contributed by atoms with Gasteiger partial charge in [0.25, 0.3) is 0 Å². The lowest BCUT2D eigenvalue weighted by Crippen LogP contribution is -2.16. The molecule has 0 radical (unpaired) electrons. The van der Waals surface area contributed by atoms with Crippen molar-refractivity contribution in [3.63, 3.8) is 0 Å². The minimum Gasteiger partial charge on any atom is -0.478 e. The second-order valence-electron chi connectivity index (χ2n) is 4.94. The quantitative estimate of drug-likeness (QED) is 0.608. The molecule has 0 aromatic heterocycles. The molecule has 1 N–H and O–H groups in total. The highest BCUT2D eigenvalue weighted by atomic mass is 16.7. The first-order valence-electron chi connectivity index (χ1n) is 6.52. The van der Waals surface area contributed by atoms with Crippen molar-refractivity contribution < 1.29 is 14.7 Å². The fraction of sp³-hybridized carbons (Fsp3) is 0.500. The molecule has 1 atom stereocenters. The van der Waals surface area contributed by atoms with Crippen molar-refractivity contribution in [1.29, 1.82) is 0 Å². The standard InChI is InChI=1S/C14H17NO4/c1-2-3-10-6-9-4-5-11(14(16)17)7-12(9)8-13(10)19-15-18/h7-8,10H,2-6H2,1H3,(H,16,17). The highest BCUT2D eigenvalue weighted by molar-refractivity contribution is 5.88. The van der Waals surface area contributed by atoms with Crippen molar-refractivity contribution in [3.05, 3.63) is 39.5 Å². The van der Waals surface area contributed by atoms with E-state index in [0.29, 0.717) is 17.8 Å². The molecule has 0 bridgehead atoms. The van der Waals surface area contributed by atoms with Crippen LogP contribution >= 0.6 is 0 Å². The molecule has 2 aliphatic rings. The predicted octanol–water partition coefficient (Wildman–Crippen LogP) is 3.49. The van der Waals surface area contributed by atoms with E-state index in [9.17, 15) is 9.70 Å². The first kappa shape index (κ1) is 13.5. The number of aliphatic carboxylic acids is 1. The van der Waals surface area contributed by atoms with Gasteiger partial charge in [0.2, 0.25) is 0 Å². The van der Waals surface area contributed by atoms with Gasteiger partial charge in [0.1, 0.15) is 5.76 Å². The van der Waals surface area contributed by atoms with E-state index < -0.39 is 5.97 Å². The molecule has 0 fully saturated rings. The summed E-state index contributed by atoms with van der Waals surface area (Å²) < 4.78 is 0. The lowest BCUT2D eigenvalue weighted by molar-refractivity contribution is -0.132. The number of carboxylic acids is 1. The summed E-state index contributed by atoms with van der Waals surface area (Å²) in [5.41, 5.74) is 2.53. The second-order valence-corrected chi connectivity index (χ2v) is 4.94. The maximum atomic E-state index is 11.0. The van der Waals surface area contributed by atoms with Crippen LogP contribution < -0.4 is 0 Å². The van der Waals surface area contributed by atoms with E-state index in [1.54, 1.807) is 12.2 Å². The zero-order chi connectivity index (χ0) is 13.8. The van der Waals surface area contributed by atoms with E-state index in [4.69, 9.17) is 9.94 Å². The molecule has 0 aliphatic heterocycles. The van der Waals surface area contributed by atoms with Crippen molar-refractivity contribution in [2.45, 2.75) is 39.0 Å². The summed E-state index contributed by atoms with van der Waals surface area (Å²) in [6, 6.07) is 0. The van der Waals surface area contributed by atoms with Crippen LogP contribution in [0.5, 0.6) is 0 Å². The Labute approximate surface area is 111 Å². The number of nitrogens with zero attached hydrogens (tertiary/aromatic N) is 1. The van der Waals surface area contributed by atoms with E-state index in [1.165, 1.54) is 5.57 Å². The molecule has 5 heteroatoms. The van der Waals surface area contributed by atoms with Crippen molar-refractivity contribution in [1.82, 2.24) is 0 Å². The van der Waals surface area contributed by atoms with Crippen molar-refractivity contribution in [3.8, 4) is 0 Å². The number of hydrogen-bond donors (Lipinski definition) is 1. The van der Waals surface area contributed by atoms with Gasteiger partial charge in [-0.3, -0.25) is 0 Å². The first-order chi connectivity index (χ1) is 9.15. The van der Waals surface area contributed by atoms with E-state index >= 15 is 0 Å². The Bertz CT molecular complexity index is 488. The number of carbonyl (C=O) groups is 1. The van der Waals surface area contributed by atoms with Crippen LogP contribution in [-0.4, -0.2) is 11.1 Å². The third kappa shape index (κ3) is 2.92. The Morgan fingerprint density at radius 3 is 2.89 bits per heavy atom. The van der Waals surface area contributed by atoms with Crippen LogP contribution in [0.15, 0.2) is 40.0 Å². The zero-order valence-corrected chi connectivity index (χ0v) is 10.9. The van der Waals surface area contributed by atoms with Gasteiger partial charge in [-0.25, -0.2) is 4.79 Å². The van der Waals surface area contributed by atoms with E-state index in [0.717, 1.165) is 31.3 Å². The van der Waals surface area contributed by atoms with Gasteiger partial charge in [0.05, 0.1) is 0 Å². The fourth-order valence-corrected chi connectivity index (χ4v) is 2.73. The molecule has 0 amide bonds. The maximum Gasteiger partial charge on any atom is 0.331 e. The summed E-state index contributed by atoms with van der Waals surface area (Å²) in [4.78, 5) is 26.1. The largest absolute Gasteiger partial charge is 0.478 e. The van der Waals surface area contributed by atoms with Crippen LogP contribution in [0.25, 0.3) is 0 Å². The van der Waals surface area contributed by atoms with Crippen LogP contribution in [0, 0.1) is 10.8 Å². The van der Waals surface area contributed by atoms with Crippen LogP contribution in [0.1, 0.15) is 39.0 Å². The Balaban J connectivity index is 2.29. The topological polar surface area (TPSA) is 76.0 Å². The van der Waals surface area contributed by atoms with Crippen LogP contribution in [0.2, 0.25) is 0 Å². The van der Waals surface area contributed by atoms with Gasteiger partial charge >= 0.3 is 5.97 Å². The number of hydrogen-bond acceptors (Lipinski definition) is 4. The average molecular weight is 263 g/mol. The summed E-state index contributed by atoms with van der Waals surface area (Å²) in [6.45, 7) is 2.08. The second kappa shape index (κ2) is 5.82. The minimum atomic E-state index is -0.883. The van der Waals surface area contributed by atoms with Gasteiger partial charge in [-0.1, -0.05) is 18.9 Å². The summed E-state index contributed by atoms with van der Waals surface area (Å²) in [5.74, 6) is -0.147. The molecular formula is C14H17NO4. The maximum absolute atomic E-state index is 11.0. The van der Waals surface area contributed by atoms with Crippen molar-refractivity contribution in [2.24, 2.45) is 11.3 Å². The number of carboxylic acid groups (broad SMARTS) is 1. The van der Waals surface area contributed by atoms with E-state index in [-0.39, 0.29) is 5.92 Å². The Kier molecular flexibility index (Phi) is 4.14. The summed E-state index contributed by atoms with van der Waals surface area (Å²) in [7, 11) is 0. The Hall–Kier alpha value is -1.91. The van der Waals surface area contributed by atoms with E-state index in [1.807, 2.05) is 0 Å². The monoisotopic (exact) mass is 263 g/mol. The average Bonchev–Trinajstić information content (AvgIpc) is 2.39. The van der Waals surface area contributed by atoms with Gasteiger partial charge < -0.3 is 9.94 Å². The lowest BCUT2D eigenvalue weighted by Gasteiger charge is -2.27. The first-order valence-corrected chi connectivity index (χ1v) is 6.52. The highest BCUT2D eigenvalue weighted by Gasteiger charge is 2.27. The van der Waals surface area contributed by atoms with Crippen LogP contribution in [-0.2, 0) is 9.63 Å². The molecule has 0 heterocycles. The number of rotatable bonds is 5. The molecule has 2 rings (SSSR count). The molecule has 0 aromatic rings. The van der Waals surface area contributed by atoms with Gasteiger partial charge in [-0.2, -0.15) is 0 Å². The molecule has 1 unspecified atom stereocenters. The Morgan fingerprint density at radius 1 is 1.47 bits per heavy atom. The molecular weight excluding hydrogens is 246 g/mol. The lowest BCUT2D eigenvalue weighted by atomic mass is 9.80. The van der Waals surface area contributed by atoms with Crippen molar-refractivity contribution >= 4 is 5.97 Å². The summed E-state index contributed by atoms with van der Waals surface area (Å²) in [5, 5.41) is 11.5. The molecule has 0 saturated heterocycles. The third-order valence-electron chi connectivity index (χ3n) is 3.68. The molecule has 5 nitrogen and oxygen atoms in total. The van der Waals surface area contributed by atoms with Gasteiger partial charge in [-0.05, 0) is 43.4 Å². The fourth-order valence-electron chi connectivity index (χ4n) is 2.73. The van der Waals surface area contributed by atoms with E-state index in [2.05, 4.69) is 12.3 Å². The van der Waals surface area contributed by atoms with Gasteiger partial charge in [0, 0.05) is 11.5 Å². The number of allylic oxidation sites excluding steroid dienone is 5. The molecule has 0 spiro atoms. The molecule has 0 saturated carbocycles. The minimum absolute atomic E-state index is 0.182. The summed E-state index contributed by atoms with van der Waals surface area (Å²) in [6.07, 6.45) is 7.56. The molecule has 0 aromatic carbocycles. The molecule has 19 heavy (non-hydrogen) atoms. The molecule has 102 valence electrons. The van der Waals surface area contributed by atoms with Crippen molar-refractivity contribution in [2.75, 3.05) is 0 Å². The summed E-state index contributed by atoms with van der Waals surface area (Å²) >= 11 is 0. The SMILES string of the molecule is CCCC1CC2=C(C=C(C(=O)O)CC2)C=C1ON=O. The highest BCUT2D eigenvalue weighted by Crippen LogP contribution is 2.38. The normalized spacial score (nSPS) is 22.3. The zero-order valence-electron chi connectivity index (χ0n) is 10.9. The smallest absolute Gasteiger partial charge is 0.331 e. The predicted molar refractivity (Wildman–Crippen MR) is 70.0 cm³/mol. The third-order valence-corrected chi connectivity index (χ3v) is 3.68. The van der Waals surface area contributed by atoms with Crippen LogP contribution in [0.4, 0.5) is 0 Å². The molecule has 2 aliphatic carbocycles. The van der Waals surface area contributed by atoms with Gasteiger partial charge in [-0.15, -0.1) is 4.91 Å².